The van der Waals surface area contributed by atoms with Crippen LogP contribution in [0.1, 0.15) is 44.7 Å². The first-order chi connectivity index (χ1) is 22.0. The monoisotopic (exact) mass is 618 g/mol. The molecule has 0 atom stereocenters. The lowest BCUT2D eigenvalue weighted by atomic mass is 9.74. The lowest BCUT2D eigenvalue weighted by Gasteiger charge is -2.39. The third kappa shape index (κ3) is 8.47. The Balaban J connectivity index is 0.000000775. The van der Waals surface area contributed by atoms with Gasteiger partial charge in [-0.3, -0.25) is 9.69 Å². The van der Waals surface area contributed by atoms with E-state index >= 15 is 0 Å². The number of hydrogen-bond donors (Lipinski definition) is 3. The van der Waals surface area contributed by atoms with Crippen LogP contribution in [0.2, 0.25) is 0 Å². The van der Waals surface area contributed by atoms with Crippen molar-refractivity contribution in [3.8, 4) is 39.7 Å². The molecule has 1 aliphatic heterocycles. The third-order valence-corrected chi connectivity index (χ3v) is 8.03. The number of nitrogens with zero attached hydrogens (tertiary/aromatic N) is 3. The number of aromatic nitrogens is 2. The lowest BCUT2D eigenvalue weighted by molar-refractivity contribution is -0.152. The van der Waals surface area contributed by atoms with Crippen LogP contribution in [0.15, 0.2) is 108 Å². The second kappa shape index (κ2) is 14.1. The summed E-state index contributed by atoms with van der Waals surface area (Å²) in [5.74, 6) is 0.261. The molecule has 1 fully saturated rings. The number of rotatable bonds is 8. The van der Waals surface area contributed by atoms with Crippen LogP contribution in [0.4, 0.5) is 0 Å². The van der Waals surface area contributed by atoms with E-state index in [1.54, 1.807) is 6.07 Å². The molecule has 0 amide bonds. The molecule has 5 aromatic rings. The van der Waals surface area contributed by atoms with E-state index in [4.69, 9.17) is 10.3 Å². The molecule has 0 spiro atoms. The van der Waals surface area contributed by atoms with Crippen LogP contribution in [-0.2, 0) is 17.8 Å². The van der Waals surface area contributed by atoms with E-state index in [1.807, 2.05) is 106 Å². The van der Waals surface area contributed by atoms with E-state index in [9.17, 15) is 15.0 Å². The second-order valence-corrected chi connectivity index (χ2v) is 13.1. The molecule has 8 heteroatoms. The Morgan fingerprint density at radius 2 is 1.43 bits per heavy atom. The van der Waals surface area contributed by atoms with Gasteiger partial charge in [0.25, 0.3) is 5.89 Å². The number of aromatic hydroxyl groups is 1. The van der Waals surface area contributed by atoms with E-state index < -0.39 is 11.4 Å². The molecule has 1 aromatic heterocycles. The molecule has 6 rings (SSSR count). The number of benzene rings is 4. The number of piperidine rings is 1. The third-order valence-electron chi connectivity index (χ3n) is 8.03. The molecule has 46 heavy (non-hydrogen) atoms. The fourth-order valence-electron chi connectivity index (χ4n) is 5.59. The fraction of sp³-hybridized carbons (Fsp3) is 0.289. The van der Waals surface area contributed by atoms with E-state index in [1.165, 1.54) is 0 Å². The summed E-state index contributed by atoms with van der Waals surface area (Å²) < 4.78 is 5.51. The molecule has 238 valence electrons. The van der Waals surface area contributed by atoms with Gasteiger partial charge in [-0.25, -0.2) is 0 Å². The normalized spacial score (nSPS) is 14.7. The molecule has 4 N–H and O–H groups in total. The van der Waals surface area contributed by atoms with Crippen molar-refractivity contribution >= 4 is 5.97 Å². The van der Waals surface area contributed by atoms with E-state index in [2.05, 4.69) is 27.2 Å². The molecule has 1 saturated heterocycles. The number of nitrogens with two attached hydrogens (primary N) is 1. The SMILES string of the molecule is CC(C)(C)N.O=C(O)C1(Cc2ccccc2)CCN(Cc2ccc(-c3noc(-c4ccc(-c5ccccc5)c(O)c4)n3)cc2)CC1. The summed E-state index contributed by atoms with van der Waals surface area (Å²) in [4.78, 5) is 19.1. The largest absolute Gasteiger partial charge is 0.507 e. The molecule has 0 unspecified atom stereocenters. The predicted molar refractivity (Wildman–Crippen MR) is 181 cm³/mol. The highest BCUT2D eigenvalue weighted by Crippen LogP contribution is 2.37. The minimum atomic E-state index is -0.712. The maximum absolute atomic E-state index is 12.3. The first-order valence-corrected chi connectivity index (χ1v) is 15.6. The molecule has 1 aliphatic rings. The predicted octanol–water partition coefficient (Wildman–Crippen LogP) is 7.43. The molecule has 0 radical (unpaired) electrons. The summed E-state index contributed by atoms with van der Waals surface area (Å²) in [5.41, 5.74) is 10.0. The molecule has 0 saturated carbocycles. The number of phenols is 1. The average Bonchev–Trinajstić information content (AvgIpc) is 3.53. The van der Waals surface area contributed by atoms with Crippen molar-refractivity contribution in [3.63, 3.8) is 0 Å². The Bertz CT molecular complexity index is 1710. The summed E-state index contributed by atoms with van der Waals surface area (Å²) in [6, 6.07) is 33.0. The van der Waals surface area contributed by atoms with Crippen molar-refractivity contribution in [2.45, 2.75) is 52.1 Å². The zero-order valence-electron chi connectivity index (χ0n) is 26.7. The van der Waals surface area contributed by atoms with Gasteiger partial charge in [0.05, 0.1) is 5.41 Å². The van der Waals surface area contributed by atoms with Crippen LogP contribution in [-0.4, -0.2) is 49.9 Å². The van der Waals surface area contributed by atoms with Gasteiger partial charge in [0.2, 0.25) is 5.82 Å². The van der Waals surface area contributed by atoms with Crippen molar-refractivity contribution < 1.29 is 19.5 Å². The molecular weight excluding hydrogens is 576 g/mol. The van der Waals surface area contributed by atoms with Gasteiger partial charge >= 0.3 is 5.97 Å². The highest BCUT2D eigenvalue weighted by Gasteiger charge is 2.41. The van der Waals surface area contributed by atoms with Gasteiger partial charge in [0, 0.05) is 28.8 Å². The first kappa shape index (κ1) is 32.6. The fourth-order valence-corrected chi connectivity index (χ4v) is 5.59. The quantitative estimate of drug-likeness (QED) is 0.164. The Labute approximate surface area is 270 Å². The van der Waals surface area contributed by atoms with E-state index in [0.29, 0.717) is 36.5 Å². The van der Waals surface area contributed by atoms with Crippen molar-refractivity contribution in [2.24, 2.45) is 11.1 Å². The minimum Gasteiger partial charge on any atom is -0.507 e. The van der Waals surface area contributed by atoms with Gasteiger partial charge < -0.3 is 20.5 Å². The number of hydrogen-bond acceptors (Lipinski definition) is 7. The maximum atomic E-state index is 12.3. The van der Waals surface area contributed by atoms with Gasteiger partial charge in [-0.1, -0.05) is 90.1 Å². The number of phenolic OH excluding ortho intramolecular Hbond substituents is 1. The van der Waals surface area contributed by atoms with E-state index in [-0.39, 0.29) is 11.3 Å². The molecule has 4 aromatic carbocycles. The minimum absolute atomic E-state index is 0. The van der Waals surface area contributed by atoms with Gasteiger partial charge in [0.15, 0.2) is 0 Å². The highest BCUT2D eigenvalue weighted by molar-refractivity contribution is 5.75. The molecular formula is C38H42N4O4. The molecule has 8 nitrogen and oxygen atoms in total. The van der Waals surface area contributed by atoms with E-state index in [0.717, 1.165) is 47.5 Å². The summed E-state index contributed by atoms with van der Waals surface area (Å²) in [5, 5.41) is 24.8. The van der Waals surface area contributed by atoms with Crippen LogP contribution in [0, 0.1) is 5.41 Å². The second-order valence-electron chi connectivity index (χ2n) is 13.1. The van der Waals surface area contributed by atoms with Crippen LogP contribution in [0.25, 0.3) is 34.0 Å². The van der Waals surface area contributed by atoms with Gasteiger partial charge in [0.1, 0.15) is 5.75 Å². The van der Waals surface area contributed by atoms with Gasteiger partial charge in [-0.2, -0.15) is 4.98 Å². The number of carbonyl (C=O) groups is 1. The first-order valence-electron chi connectivity index (χ1n) is 15.6. The lowest BCUT2D eigenvalue weighted by Crippen LogP contribution is -2.45. The van der Waals surface area contributed by atoms with Gasteiger partial charge in [-0.05, 0) is 88.0 Å². The summed E-state index contributed by atoms with van der Waals surface area (Å²) in [7, 11) is 0. The zero-order valence-corrected chi connectivity index (χ0v) is 26.7. The Morgan fingerprint density at radius 1 is 0.848 bits per heavy atom. The number of likely N-dealkylation sites (tertiary alicyclic amines) is 1. The summed E-state index contributed by atoms with van der Waals surface area (Å²) in [6.07, 6.45) is 1.82. The van der Waals surface area contributed by atoms with Crippen molar-refractivity contribution in [3.05, 3.63) is 114 Å². The number of carboxylic acids is 1. The Kier molecular flexibility index (Phi) is 9.99. The zero-order chi connectivity index (χ0) is 32.7. The summed E-state index contributed by atoms with van der Waals surface area (Å²) >= 11 is 0. The standard InChI is InChI=1S/C34H31N3O4.C4H11N/c38-30-21-28(15-16-29(30)26-9-5-2-6-10-26)32-35-31(36-41-32)27-13-11-25(12-14-27)23-37-19-17-34(18-20-37,33(39)40)22-24-7-3-1-4-8-24;1-4(2,3)5/h1-16,21,38H,17-20,22-23H2,(H,39,40);5H2,1-3H3. The Morgan fingerprint density at radius 3 is 2.02 bits per heavy atom. The average molecular weight is 619 g/mol. The van der Waals surface area contributed by atoms with Crippen LogP contribution in [0.3, 0.4) is 0 Å². The van der Waals surface area contributed by atoms with Crippen LogP contribution >= 0.6 is 0 Å². The smallest absolute Gasteiger partial charge is 0.310 e. The van der Waals surface area contributed by atoms with Gasteiger partial charge in [-0.15, -0.1) is 0 Å². The maximum Gasteiger partial charge on any atom is 0.310 e. The van der Waals surface area contributed by atoms with Crippen molar-refractivity contribution in [1.82, 2.24) is 15.0 Å². The Hall–Kier alpha value is -4.79. The number of aliphatic carboxylic acids is 1. The van der Waals surface area contributed by atoms with Crippen molar-refractivity contribution in [2.75, 3.05) is 13.1 Å². The van der Waals surface area contributed by atoms with Crippen molar-refractivity contribution in [1.29, 1.82) is 0 Å². The molecule has 0 bridgehead atoms. The molecule has 0 aliphatic carbocycles. The van der Waals surface area contributed by atoms with Crippen LogP contribution < -0.4 is 5.73 Å². The summed E-state index contributed by atoms with van der Waals surface area (Å²) in [6.45, 7) is 8.13. The molecule has 2 heterocycles. The topological polar surface area (TPSA) is 126 Å². The number of carboxylic acid groups (broad SMARTS) is 1. The van der Waals surface area contributed by atoms with Crippen LogP contribution in [0.5, 0.6) is 5.75 Å². The highest BCUT2D eigenvalue weighted by atomic mass is 16.5.